The van der Waals surface area contributed by atoms with Gasteiger partial charge >= 0.3 is 0 Å². The maximum absolute atomic E-state index is 4.54. The zero-order valence-electron chi connectivity index (χ0n) is 10.8. The van der Waals surface area contributed by atoms with Gasteiger partial charge in [-0.2, -0.15) is 0 Å². The minimum absolute atomic E-state index is 1.25. The average Bonchev–Trinajstić information content (AvgIpc) is 2.00. The Hall–Kier alpha value is -0.416. The van der Waals surface area contributed by atoms with Crippen LogP contribution >= 0.6 is 0 Å². The lowest BCUT2D eigenvalue weighted by Crippen LogP contribution is -2.47. The van der Waals surface area contributed by atoms with Crippen LogP contribution in [0.2, 0.25) is 39.3 Å². The number of aromatic nitrogens is 1. The predicted octanol–water partition coefficient (Wildman–Crippen LogP) is 3.76. The van der Waals surface area contributed by atoms with Gasteiger partial charge in [-0.25, -0.2) is 0 Å². The number of nitrogens with zero attached hydrogens (tertiary/aromatic N) is 1. The zero-order valence-corrected chi connectivity index (χ0v) is 12.8. The molecule has 1 nitrogen and oxygen atoms in total. The van der Waals surface area contributed by atoms with Crippen LogP contribution < -0.4 is 0 Å². The van der Waals surface area contributed by atoms with Gasteiger partial charge in [-0.1, -0.05) is 45.3 Å². The molecular formula is C12H22NSi2. The first-order valence-electron chi connectivity index (χ1n) is 5.52. The quantitative estimate of drug-likeness (QED) is 0.728. The maximum Gasteiger partial charge on any atom is 0.0552 e. The minimum Gasteiger partial charge on any atom is -0.261 e. The van der Waals surface area contributed by atoms with Crippen LogP contribution in [0.25, 0.3) is 0 Å². The first-order valence-corrected chi connectivity index (χ1v) is 12.5. The summed E-state index contributed by atoms with van der Waals surface area (Å²) in [7, 11) is -2.49. The molecule has 15 heavy (non-hydrogen) atoms. The lowest BCUT2D eigenvalue weighted by molar-refractivity contribution is 1.20. The molecule has 1 rings (SSSR count). The van der Waals surface area contributed by atoms with E-state index in [1.54, 1.807) is 5.16 Å². The first-order chi connectivity index (χ1) is 6.73. The monoisotopic (exact) mass is 236 g/mol. The molecule has 0 saturated carbocycles. The fourth-order valence-electron chi connectivity index (χ4n) is 2.40. The van der Waals surface area contributed by atoms with E-state index in [4.69, 9.17) is 0 Å². The second kappa shape index (κ2) is 4.22. The fourth-order valence-corrected chi connectivity index (χ4v) is 13.2. The van der Waals surface area contributed by atoms with Crippen molar-refractivity contribution in [2.24, 2.45) is 0 Å². The van der Waals surface area contributed by atoms with Gasteiger partial charge in [0, 0.05) is 17.1 Å². The lowest BCUT2D eigenvalue weighted by Gasteiger charge is -2.37. The molecule has 0 fully saturated rings. The van der Waals surface area contributed by atoms with Crippen LogP contribution in [0.15, 0.2) is 24.4 Å². The number of hydrogen-bond acceptors (Lipinski definition) is 1. The van der Waals surface area contributed by atoms with Gasteiger partial charge < -0.3 is 0 Å². The molecule has 0 aliphatic rings. The molecule has 0 aliphatic carbocycles. The van der Waals surface area contributed by atoms with Crippen molar-refractivity contribution < 1.29 is 0 Å². The minimum atomic E-state index is -1.25. The first kappa shape index (κ1) is 12.7. The van der Waals surface area contributed by atoms with Crippen molar-refractivity contribution in [1.82, 2.24) is 4.98 Å². The summed E-state index contributed by atoms with van der Waals surface area (Å²) in [5.74, 6) is 0. The molecule has 1 heterocycles. The van der Waals surface area contributed by atoms with Gasteiger partial charge in [-0.3, -0.25) is 4.98 Å². The topological polar surface area (TPSA) is 12.9 Å². The summed E-state index contributed by atoms with van der Waals surface area (Å²) in [5.41, 5.74) is 1.25. The van der Waals surface area contributed by atoms with Crippen LogP contribution in [-0.4, -0.2) is 21.1 Å². The second-order valence-electron chi connectivity index (χ2n) is 6.09. The highest BCUT2D eigenvalue weighted by Gasteiger charge is 2.39. The van der Waals surface area contributed by atoms with Gasteiger partial charge in [0.05, 0.1) is 16.1 Å². The second-order valence-corrected chi connectivity index (χ2v) is 16.6. The molecule has 0 spiro atoms. The Morgan fingerprint density at radius 2 is 1.47 bits per heavy atom. The lowest BCUT2D eigenvalue weighted by atomic mass is 10.4. The Labute approximate surface area is 96.0 Å². The third-order valence-electron chi connectivity index (χ3n) is 2.42. The third-order valence-corrected chi connectivity index (χ3v) is 10.4. The van der Waals surface area contributed by atoms with Crippen LogP contribution in [-0.2, 0) is 0 Å². The highest BCUT2D eigenvalue weighted by molar-refractivity contribution is 7.03. The molecule has 1 aromatic rings. The molecule has 0 bridgehead atoms. The summed E-state index contributed by atoms with van der Waals surface area (Å²) in [5, 5.41) is 1.69. The largest absolute Gasteiger partial charge is 0.261 e. The number of hydrogen-bond donors (Lipinski definition) is 0. The van der Waals surface area contributed by atoms with Crippen molar-refractivity contribution in [3.63, 3.8) is 0 Å². The van der Waals surface area contributed by atoms with E-state index in [1.165, 1.54) is 5.69 Å². The van der Waals surface area contributed by atoms with Gasteiger partial charge in [0.2, 0.25) is 0 Å². The number of rotatable bonds is 3. The smallest absolute Gasteiger partial charge is 0.0552 e. The molecule has 0 unspecified atom stereocenters. The van der Waals surface area contributed by atoms with Gasteiger partial charge in [0.15, 0.2) is 0 Å². The zero-order chi connectivity index (χ0) is 11.7. The molecule has 0 N–H and O–H groups in total. The highest BCUT2D eigenvalue weighted by Crippen LogP contribution is 2.33. The van der Waals surface area contributed by atoms with E-state index in [0.29, 0.717) is 0 Å². The number of pyridine rings is 1. The Bertz CT molecular complexity index is 295. The third kappa shape index (κ3) is 3.28. The van der Waals surface area contributed by atoms with Gasteiger partial charge in [0.1, 0.15) is 0 Å². The summed E-state index contributed by atoms with van der Waals surface area (Å²) in [6.45, 7) is 14.6. The summed E-state index contributed by atoms with van der Waals surface area (Å²) < 4.78 is 0. The van der Waals surface area contributed by atoms with Crippen LogP contribution in [0.4, 0.5) is 0 Å². The SMILES string of the molecule is C[Si](C)(C)[C](c1ccccn1)[Si](C)(C)C. The molecule has 0 aliphatic heterocycles. The van der Waals surface area contributed by atoms with Gasteiger partial charge in [0.25, 0.3) is 0 Å². The Morgan fingerprint density at radius 3 is 1.80 bits per heavy atom. The summed E-state index contributed by atoms with van der Waals surface area (Å²) in [6.07, 6.45) is 1.91. The molecule has 3 heteroatoms. The molecular weight excluding hydrogens is 214 g/mol. The van der Waals surface area contributed by atoms with E-state index in [0.717, 1.165) is 0 Å². The van der Waals surface area contributed by atoms with E-state index in [-0.39, 0.29) is 0 Å². The van der Waals surface area contributed by atoms with E-state index in [9.17, 15) is 0 Å². The normalized spacial score (nSPS) is 13.3. The van der Waals surface area contributed by atoms with Gasteiger partial charge in [-0.15, -0.1) is 0 Å². The Balaban J connectivity index is 3.15. The van der Waals surface area contributed by atoms with E-state index < -0.39 is 16.1 Å². The van der Waals surface area contributed by atoms with Crippen LogP contribution in [0.5, 0.6) is 0 Å². The summed E-state index contributed by atoms with van der Waals surface area (Å²) in [6, 6.07) is 6.27. The maximum atomic E-state index is 4.54. The molecule has 0 amide bonds. The van der Waals surface area contributed by atoms with Crippen LogP contribution in [0, 0.1) is 5.16 Å². The van der Waals surface area contributed by atoms with Crippen molar-refractivity contribution in [2.45, 2.75) is 39.3 Å². The molecule has 1 radical (unpaired) electrons. The Kier molecular flexibility index (Phi) is 3.56. The average molecular weight is 236 g/mol. The molecule has 0 aromatic carbocycles. The summed E-state index contributed by atoms with van der Waals surface area (Å²) >= 11 is 0. The molecule has 0 saturated heterocycles. The van der Waals surface area contributed by atoms with Gasteiger partial charge in [-0.05, 0) is 12.1 Å². The Morgan fingerprint density at radius 1 is 0.933 bits per heavy atom. The van der Waals surface area contributed by atoms with Crippen molar-refractivity contribution >= 4 is 16.1 Å². The molecule has 0 atom stereocenters. The van der Waals surface area contributed by atoms with E-state index in [2.05, 4.69) is 56.4 Å². The fraction of sp³-hybridized carbons (Fsp3) is 0.500. The molecule has 1 aromatic heterocycles. The van der Waals surface area contributed by atoms with Crippen molar-refractivity contribution in [1.29, 1.82) is 0 Å². The van der Waals surface area contributed by atoms with Crippen molar-refractivity contribution in [3.8, 4) is 0 Å². The standard InChI is InChI=1S/C12H22NSi2/c1-14(2,3)12(15(4,5)6)11-9-7-8-10-13-11/h7-10H,1-6H3. The van der Waals surface area contributed by atoms with E-state index >= 15 is 0 Å². The highest BCUT2D eigenvalue weighted by atomic mass is 28.4. The van der Waals surface area contributed by atoms with Crippen molar-refractivity contribution in [2.75, 3.05) is 0 Å². The van der Waals surface area contributed by atoms with E-state index in [1.807, 2.05) is 12.3 Å². The van der Waals surface area contributed by atoms with Crippen LogP contribution in [0.1, 0.15) is 5.69 Å². The predicted molar refractivity (Wildman–Crippen MR) is 73.3 cm³/mol. The van der Waals surface area contributed by atoms with Crippen LogP contribution in [0.3, 0.4) is 0 Å². The molecule has 83 valence electrons. The summed E-state index contributed by atoms with van der Waals surface area (Å²) in [4.78, 5) is 4.54. The van der Waals surface area contributed by atoms with Crippen molar-refractivity contribution in [3.05, 3.63) is 35.3 Å².